The molecule has 1 aromatic carbocycles. The summed E-state index contributed by atoms with van der Waals surface area (Å²) >= 11 is 0. The molecule has 3 heterocycles. The van der Waals surface area contributed by atoms with Crippen molar-refractivity contribution in [1.29, 1.82) is 0 Å². The molecular formula is C20H23N5O. The van der Waals surface area contributed by atoms with Crippen LogP contribution in [-0.2, 0) is 24.3 Å². The summed E-state index contributed by atoms with van der Waals surface area (Å²) in [6.07, 6.45) is 6.57. The van der Waals surface area contributed by atoms with Gasteiger partial charge in [0.25, 0.3) is 0 Å². The molecule has 1 N–H and O–H groups in total. The number of hydrogen-bond acceptors (Lipinski definition) is 5. The highest BCUT2D eigenvalue weighted by atomic mass is 16.5. The predicted octanol–water partition coefficient (Wildman–Crippen LogP) is 2.80. The third kappa shape index (κ3) is 3.38. The summed E-state index contributed by atoms with van der Waals surface area (Å²) in [7, 11) is 1.65. The number of imidazole rings is 1. The van der Waals surface area contributed by atoms with Crippen molar-refractivity contribution in [1.82, 2.24) is 24.8 Å². The van der Waals surface area contributed by atoms with Crippen LogP contribution < -0.4 is 0 Å². The quantitative estimate of drug-likeness (QED) is 0.767. The van der Waals surface area contributed by atoms with E-state index < -0.39 is 0 Å². The van der Waals surface area contributed by atoms with Crippen molar-refractivity contribution < 1.29 is 4.74 Å². The first-order valence-electron chi connectivity index (χ1n) is 8.86. The second kappa shape index (κ2) is 7.35. The molecule has 0 saturated carbocycles. The average molecular weight is 349 g/mol. The minimum atomic E-state index is 0.143. The Morgan fingerprint density at radius 2 is 1.92 bits per heavy atom. The molecule has 3 aromatic rings. The molecule has 1 aliphatic heterocycles. The summed E-state index contributed by atoms with van der Waals surface area (Å²) < 4.78 is 5.09. The number of nitrogens with one attached hydrogen (secondary N) is 1. The van der Waals surface area contributed by atoms with Crippen LogP contribution in [0, 0.1) is 6.92 Å². The van der Waals surface area contributed by atoms with E-state index in [1.807, 2.05) is 12.4 Å². The molecule has 6 nitrogen and oxygen atoms in total. The molecule has 4 rings (SSSR count). The molecule has 1 aliphatic rings. The smallest absolute Gasteiger partial charge is 0.153 e. The first kappa shape index (κ1) is 16.9. The fourth-order valence-electron chi connectivity index (χ4n) is 3.51. The van der Waals surface area contributed by atoms with E-state index in [-0.39, 0.29) is 6.04 Å². The third-order valence-corrected chi connectivity index (χ3v) is 4.84. The second-order valence-corrected chi connectivity index (χ2v) is 6.74. The molecule has 0 saturated heterocycles. The molecule has 0 spiro atoms. The van der Waals surface area contributed by atoms with Crippen molar-refractivity contribution in [3.63, 3.8) is 0 Å². The first-order valence-corrected chi connectivity index (χ1v) is 8.86. The van der Waals surface area contributed by atoms with Gasteiger partial charge in [-0.05, 0) is 12.5 Å². The summed E-state index contributed by atoms with van der Waals surface area (Å²) in [5, 5.41) is 0. The average Bonchev–Trinajstić information content (AvgIpc) is 3.13. The van der Waals surface area contributed by atoms with Crippen LogP contribution >= 0.6 is 0 Å². The van der Waals surface area contributed by atoms with Crippen LogP contribution in [-0.4, -0.2) is 38.5 Å². The van der Waals surface area contributed by atoms with Crippen molar-refractivity contribution in [2.45, 2.75) is 32.5 Å². The van der Waals surface area contributed by atoms with E-state index in [9.17, 15) is 0 Å². The Balaban J connectivity index is 1.62. The maximum Gasteiger partial charge on any atom is 0.153 e. The molecule has 0 amide bonds. The normalized spacial score (nSPS) is 17.2. The van der Waals surface area contributed by atoms with Crippen molar-refractivity contribution in [2.24, 2.45) is 0 Å². The fourth-order valence-corrected chi connectivity index (χ4v) is 3.51. The highest BCUT2D eigenvalue weighted by Gasteiger charge is 2.31. The van der Waals surface area contributed by atoms with E-state index in [0.717, 1.165) is 30.8 Å². The lowest BCUT2D eigenvalue weighted by molar-refractivity contribution is 0.177. The number of ether oxygens (including phenoxy) is 1. The Kier molecular flexibility index (Phi) is 4.77. The molecule has 134 valence electrons. The molecule has 2 aromatic heterocycles. The number of benzene rings is 1. The molecule has 0 radical (unpaired) electrons. The van der Waals surface area contributed by atoms with E-state index in [2.05, 4.69) is 56.0 Å². The number of H-pyrrole nitrogens is 1. The Labute approximate surface area is 153 Å². The largest absolute Gasteiger partial charge is 0.377 e. The van der Waals surface area contributed by atoms with Gasteiger partial charge in [-0.15, -0.1) is 0 Å². The minimum Gasteiger partial charge on any atom is -0.377 e. The molecule has 0 bridgehead atoms. The fraction of sp³-hybridized carbons (Fsp3) is 0.350. The van der Waals surface area contributed by atoms with Gasteiger partial charge >= 0.3 is 0 Å². The van der Waals surface area contributed by atoms with Crippen LogP contribution in [0.1, 0.15) is 39.9 Å². The number of rotatable bonds is 5. The molecular weight excluding hydrogens is 326 g/mol. The van der Waals surface area contributed by atoms with Gasteiger partial charge in [0.05, 0.1) is 18.1 Å². The summed E-state index contributed by atoms with van der Waals surface area (Å²) in [5.74, 6) is 0.708. The standard InChI is InChI=1S/C20H23N5O/c1-14-3-5-16(6-4-14)20-19-17(23-13-24-19)7-8-25(20)11-15-9-21-18(12-26-2)22-10-15/h3-6,9-10,13,20H,7-8,11-12H2,1-2H3,(H,23,24)/t20-/m1/s1. The van der Waals surface area contributed by atoms with Crippen molar-refractivity contribution in [3.05, 3.63) is 76.9 Å². The Morgan fingerprint density at radius 3 is 2.65 bits per heavy atom. The number of aryl methyl sites for hydroxylation is 1. The number of hydrogen-bond donors (Lipinski definition) is 1. The van der Waals surface area contributed by atoms with E-state index in [1.165, 1.54) is 16.8 Å². The molecule has 6 heteroatoms. The molecule has 26 heavy (non-hydrogen) atoms. The van der Waals surface area contributed by atoms with Gasteiger partial charge < -0.3 is 9.72 Å². The van der Waals surface area contributed by atoms with Gasteiger partial charge in [0.1, 0.15) is 6.61 Å². The van der Waals surface area contributed by atoms with Crippen LogP contribution in [0.2, 0.25) is 0 Å². The Morgan fingerprint density at radius 1 is 1.15 bits per heavy atom. The third-order valence-electron chi connectivity index (χ3n) is 4.84. The van der Waals surface area contributed by atoms with Gasteiger partial charge in [-0.3, -0.25) is 4.90 Å². The van der Waals surface area contributed by atoms with Crippen molar-refractivity contribution >= 4 is 0 Å². The Hall–Kier alpha value is -2.57. The molecule has 0 fully saturated rings. The highest BCUT2D eigenvalue weighted by molar-refractivity contribution is 5.34. The lowest BCUT2D eigenvalue weighted by atomic mass is 9.94. The van der Waals surface area contributed by atoms with Gasteiger partial charge in [0, 0.05) is 50.3 Å². The zero-order valence-electron chi connectivity index (χ0n) is 15.1. The van der Waals surface area contributed by atoms with Crippen LogP contribution in [0.3, 0.4) is 0 Å². The maximum absolute atomic E-state index is 5.09. The number of nitrogens with zero attached hydrogens (tertiary/aromatic N) is 4. The molecule has 0 unspecified atom stereocenters. The van der Waals surface area contributed by atoms with E-state index in [1.54, 1.807) is 13.4 Å². The lowest BCUT2D eigenvalue weighted by Gasteiger charge is -2.35. The second-order valence-electron chi connectivity index (χ2n) is 6.74. The Bertz CT molecular complexity index is 857. The highest BCUT2D eigenvalue weighted by Crippen LogP contribution is 2.34. The summed E-state index contributed by atoms with van der Waals surface area (Å²) in [4.78, 5) is 19.2. The lowest BCUT2D eigenvalue weighted by Crippen LogP contribution is -2.36. The summed E-state index contributed by atoms with van der Waals surface area (Å²) in [6.45, 7) is 4.31. The zero-order valence-corrected chi connectivity index (χ0v) is 15.1. The maximum atomic E-state index is 5.09. The SMILES string of the molecule is COCc1ncc(CN2CCc3[nH]cnc3[C@H]2c2ccc(C)cc2)cn1. The summed E-state index contributed by atoms with van der Waals surface area (Å²) in [5.41, 5.74) is 5.98. The van der Waals surface area contributed by atoms with E-state index >= 15 is 0 Å². The number of aromatic nitrogens is 4. The van der Waals surface area contributed by atoms with Crippen LogP contribution in [0.15, 0.2) is 43.0 Å². The molecule has 1 atom stereocenters. The van der Waals surface area contributed by atoms with E-state index in [4.69, 9.17) is 4.74 Å². The number of fused-ring (bicyclic) bond motifs is 1. The zero-order chi connectivity index (χ0) is 17.9. The number of aromatic amines is 1. The topological polar surface area (TPSA) is 66.9 Å². The van der Waals surface area contributed by atoms with Gasteiger partial charge in [-0.1, -0.05) is 29.8 Å². The predicted molar refractivity (Wildman–Crippen MR) is 98.5 cm³/mol. The van der Waals surface area contributed by atoms with Crippen LogP contribution in [0.4, 0.5) is 0 Å². The molecule has 0 aliphatic carbocycles. The van der Waals surface area contributed by atoms with Gasteiger partial charge in [-0.2, -0.15) is 0 Å². The van der Waals surface area contributed by atoms with Crippen molar-refractivity contribution in [3.8, 4) is 0 Å². The van der Waals surface area contributed by atoms with Gasteiger partial charge in [-0.25, -0.2) is 15.0 Å². The van der Waals surface area contributed by atoms with Gasteiger partial charge in [0.15, 0.2) is 5.82 Å². The van der Waals surface area contributed by atoms with Crippen LogP contribution in [0.25, 0.3) is 0 Å². The van der Waals surface area contributed by atoms with Crippen molar-refractivity contribution in [2.75, 3.05) is 13.7 Å². The summed E-state index contributed by atoms with van der Waals surface area (Å²) in [6, 6.07) is 8.88. The van der Waals surface area contributed by atoms with Crippen LogP contribution in [0.5, 0.6) is 0 Å². The monoisotopic (exact) mass is 349 g/mol. The number of methoxy groups -OCH3 is 1. The van der Waals surface area contributed by atoms with Gasteiger partial charge in [0.2, 0.25) is 0 Å². The first-order chi connectivity index (χ1) is 12.7. The van der Waals surface area contributed by atoms with E-state index in [0.29, 0.717) is 12.4 Å². The minimum absolute atomic E-state index is 0.143.